The average Bonchev–Trinajstić information content (AvgIpc) is 2.99. The van der Waals surface area contributed by atoms with E-state index in [-0.39, 0.29) is 29.2 Å². The molecule has 0 aromatic heterocycles. The predicted octanol–water partition coefficient (Wildman–Crippen LogP) is 3.65. The van der Waals surface area contributed by atoms with Crippen LogP contribution in [0, 0.1) is 0 Å². The lowest BCUT2D eigenvalue weighted by Crippen LogP contribution is -2.41. The number of hydrogen-bond acceptors (Lipinski definition) is 4. The summed E-state index contributed by atoms with van der Waals surface area (Å²) >= 11 is 7.32. The van der Waals surface area contributed by atoms with Crippen LogP contribution in [0.5, 0.6) is 0 Å². The number of carbonyl (C=O) groups excluding carboxylic acids is 1. The van der Waals surface area contributed by atoms with Crippen LogP contribution in [0.3, 0.4) is 0 Å². The number of benzene rings is 2. The zero-order valence-corrected chi connectivity index (χ0v) is 16.6. The van der Waals surface area contributed by atoms with Gasteiger partial charge in [0.2, 0.25) is 5.91 Å². The molecular formula is C19H20ClNO3S2. The molecule has 0 bridgehead atoms. The van der Waals surface area contributed by atoms with Gasteiger partial charge in [-0.25, -0.2) is 8.42 Å². The minimum absolute atomic E-state index is 0.0455. The van der Waals surface area contributed by atoms with Gasteiger partial charge >= 0.3 is 0 Å². The van der Waals surface area contributed by atoms with Crippen LogP contribution in [-0.2, 0) is 21.2 Å². The van der Waals surface area contributed by atoms with Crippen molar-refractivity contribution in [1.29, 1.82) is 0 Å². The summed E-state index contributed by atoms with van der Waals surface area (Å²) in [5.74, 6) is 0.430. The smallest absolute Gasteiger partial charge is 0.233 e. The van der Waals surface area contributed by atoms with Gasteiger partial charge in [0.25, 0.3) is 0 Å². The second-order valence-corrected chi connectivity index (χ2v) is 10.0. The third-order valence-electron chi connectivity index (χ3n) is 4.34. The highest BCUT2D eigenvalue weighted by molar-refractivity contribution is 8.00. The minimum Gasteiger partial charge on any atom is -0.334 e. The van der Waals surface area contributed by atoms with Gasteiger partial charge in [0.15, 0.2) is 9.84 Å². The van der Waals surface area contributed by atoms with Crippen molar-refractivity contribution in [2.24, 2.45) is 0 Å². The lowest BCUT2D eigenvalue weighted by atomic mass is 10.1. The number of amides is 1. The Morgan fingerprint density at radius 2 is 1.81 bits per heavy atom. The molecule has 4 nitrogen and oxygen atoms in total. The maximum absolute atomic E-state index is 12.9. The van der Waals surface area contributed by atoms with Gasteiger partial charge in [-0.1, -0.05) is 41.9 Å². The summed E-state index contributed by atoms with van der Waals surface area (Å²) in [5, 5.41) is 0.655. The monoisotopic (exact) mass is 409 g/mol. The van der Waals surface area contributed by atoms with Crippen LogP contribution in [0.4, 0.5) is 0 Å². The molecule has 0 radical (unpaired) electrons. The van der Waals surface area contributed by atoms with Gasteiger partial charge in [0.05, 0.1) is 17.3 Å². The van der Waals surface area contributed by atoms with E-state index >= 15 is 0 Å². The van der Waals surface area contributed by atoms with Gasteiger partial charge in [0, 0.05) is 22.5 Å². The number of rotatable bonds is 6. The third kappa shape index (κ3) is 5.25. The molecule has 0 unspecified atom stereocenters. The molecule has 1 atom stereocenters. The van der Waals surface area contributed by atoms with Crippen LogP contribution in [0.25, 0.3) is 0 Å². The highest BCUT2D eigenvalue weighted by Gasteiger charge is 2.34. The third-order valence-corrected chi connectivity index (χ3v) is 7.34. The van der Waals surface area contributed by atoms with Crippen molar-refractivity contribution < 1.29 is 13.2 Å². The van der Waals surface area contributed by atoms with Gasteiger partial charge in [0.1, 0.15) is 0 Å². The normalized spacial score (nSPS) is 18.6. The first-order valence-corrected chi connectivity index (χ1v) is 11.5. The Morgan fingerprint density at radius 3 is 2.42 bits per heavy atom. The first-order chi connectivity index (χ1) is 12.4. The van der Waals surface area contributed by atoms with Crippen molar-refractivity contribution in [2.45, 2.75) is 23.9 Å². The highest BCUT2D eigenvalue weighted by atomic mass is 35.5. The van der Waals surface area contributed by atoms with Crippen molar-refractivity contribution in [1.82, 2.24) is 4.90 Å². The van der Waals surface area contributed by atoms with E-state index < -0.39 is 9.84 Å². The summed E-state index contributed by atoms with van der Waals surface area (Å²) in [5.41, 5.74) is 1.00. The lowest BCUT2D eigenvalue weighted by molar-refractivity contribution is -0.130. The van der Waals surface area contributed by atoms with Crippen LogP contribution in [0.15, 0.2) is 59.5 Å². The number of sulfone groups is 1. The predicted molar refractivity (Wildman–Crippen MR) is 106 cm³/mol. The molecule has 0 saturated carbocycles. The van der Waals surface area contributed by atoms with Crippen LogP contribution in [0.1, 0.15) is 12.0 Å². The Kier molecular flexibility index (Phi) is 6.27. The van der Waals surface area contributed by atoms with Gasteiger partial charge in [-0.3, -0.25) is 4.79 Å². The summed E-state index contributed by atoms with van der Waals surface area (Å²) in [6, 6.07) is 16.8. The van der Waals surface area contributed by atoms with Crippen molar-refractivity contribution in [3.8, 4) is 0 Å². The van der Waals surface area contributed by atoms with E-state index in [1.807, 2.05) is 42.5 Å². The topological polar surface area (TPSA) is 54.5 Å². The average molecular weight is 410 g/mol. The Balaban J connectivity index is 1.71. The first kappa shape index (κ1) is 19.3. The Morgan fingerprint density at radius 1 is 1.12 bits per heavy atom. The van der Waals surface area contributed by atoms with Gasteiger partial charge in [-0.2, -0.15) is 0 Å². The van der Waals surface area contributed by atoms with Crippen molar-refractivity contribution >= 4 is 39.1 Å². The van der Waals surface area contributed by atoms with Gasteiger partial charge in [-0.15, -0.1) is 11.8 Å². The van der Waals surface area contributed by atoms with Crippen LogP contribution < -0.4 is 0 Å². The number of hydrogen-bond donors (Lipinski definition) is 0. The van der Waals surface area contributed by atoms with E-state index in [2.05, 4.69) is 0 Å². The largest absolute Gasteiger partial charge is 0.334 e. The molecular weight excluding hydrogens is 390 g/mol. The fourth-order valence-electron chi connectivity index (χ4n) is 2.98. The molecule has 3 rings (SSSR count). The second kappa shape index (κ2) is 8.46. The quantitative estimate of drug-likeness (QED) is 0.683. The summed E-state index contributed by atoms with van der Waals surface area (Å²) < 4.78 is 23.8. The molecule has 1 saturated heterocycles. The lowest BCUT2D eigenvalue weighted by Gasteiger charge is -2.28. The summed E-state index contributed by atoms with van der Waals surface area (Å²) in [7, 11) is -3.05. The fourth-order valence-corrected chi connectivity index (χ4v) is 5.62. The summed E-state index contributed by atoms with van der Waals surface area (Å²) in [6.07, 6.45) is 0.506. The molecule has 1 amide bonds. The van der Waals surface area contributed by atoms with Crippen molar-refractivity contribution in [2.75, 3.05) is 17.3 Å². The molecule has 138 valence electrons. The van der Waals surface area contributed by atoms with E-state index in [1.54, 1.807) is 17.0 Å². The standard InChI is InChI=1S/C19H20ClNO3S2/c20-16-6-8-18(9-7-16)25-13-19(22)21(12-15-4-2-1-3-5-15)17-10-11-26(23,24)14-17/h1-9,17H,10-14H2/t17-/m0/s1. The van der Waals surface area contributed by atoms with E-state index in [0.717, 1.165) is 10.5 Å². The molecule has 0 N–H and O–H groups in total. The molecule has 1 heterocycles. The SMILES string of the molecule is O=C(CSc1ccc(Cl)cc1)N(Cc1ccccc1)[C@H]1CCS(=O)(=O)C1. The number of thioether (sulfide) groups is 1. The highest BCUT2D eigenvalue weighted by Crippen LogP contribution is 2.24. The molecule has 1 aliphatic heterocycles. The maximum atomic E-state index is 12.9. The Bertz CT molecular complexity index is 854. The van der Waals surface area contributed by atoms with E-state index in [0.29, 0.717) is 18.0 Å². The summed E-state index contributed by atoms with van der Waals surface area (Å²) in [4.78, 5) is 15.6. The maximum Gasteiger partial charge on any atom is 0.233 e. The Labute approximate surface area is 163 Å². The van der Waals surface area contributed by atoms with Crippen LogP contribution >= 0.6 is 23.4 Å². The van der Waals surface area contributed by atoms with Crippen molar-refractivity contribution in [3.63, 3.8) is 0 Å². The number of carbonyl (C=O) groups is 1. The van der Waals surface area contributed by atoms with Gasteiger partial charge in [-0.05, 0) is 36.2 Å². The molecule has 0 spiro atoms. The molecule has 1 fully saturated rings. The Hall–Kier alpha value is -1.50. The van der Waals surface area contributed by atoms with Crippen LogP contribution in [0.2, 0.25) is 5.02 Å². The molecule has 2 aromatic carbocycles. The van der Waals surface area contributed by atoms with Crippen molar-refractivity contribution in [3.05, 3.63) is 65.2 Å². The van der Waals surface area contributed by atoms with Gasteiger partial charge < -0.3 is 4.90 Å². The zero-order valence-electron chi connectivity index (χ0n) is 14.2. The first-order valence-electron chi connectivity index (χ1n) is 8.35. The molecule has 1 aliphatic rings. The zero-order chi connectivity index (χ0) is 18.6. The minimum atomic E-state index is -3.05. The van der Waals surface area contributed by atoms with E-state index in [1.165, 1.54) is 11.8 Å². The molecule has 7 heteroatoms. The van der Waals surface area contributed by atoms with E-state index in [4.69, 9.17) is 11.6 Å². The van der Waals surface area contributed by atoms with E-state index in [9.17, 15) is 13.2 Å². The fraction of sp³-hybridized carbons (Fsp3) is 0.316. The summed E-state index contributed by atoms with van der Waals surface area (Å²) in [6.45, 7) is 0.432. The molecule has 0 aliphatic carbocycles. The molecule has 2 aromatic rings. The molecule has 26 heavy (non-hydrogen) atoms. The number of halogens is 1. The van der Waals surface area contributed by atoms with Crippen LogP contribution in [-0.4, -0.2) is 42.5 Å². The second-order valence-electron chi connectivity index (χ2n) is 6.31. The number of nitrogens with zero attached hydrogens (tertiary/aromatic N) is 1.